The first-order chi connectivity index (χ1) is 7.59. The minimum absolute atomic E-state index is 0.217. The predicted octanol–water partition coefficient (Wildman–Crippen LogP) is 2.97. The molecule has 0 aliphatic heterocycles. The molecule has 4 heteroatoms. The molecule has 1 N–H and O–H groups in total. The average molecular weight is 286 g/mol. The first-order valence-corrected chi connectivity index (χ1v) is 6.11. The third kappa shape index (κ3) is 2.43. The zero-order chi connectivity index (χ0) is 11.7. The van der Waals surface area contributed by atoms with Crippen molar-refractivity contribution in [2.45, 2.75) is 13.3 Å². The van der Waals surface area contributed by atoms with E-state index in [-0.39, 0.29) is 10.4 Å². The van der Waals surface area contributed by atoms with Gasteiger partial charge in [0.05, 0.1) is 10.0 Å². The fraction of sp³-hybridized carbons (Fsp3) is 0.417. The van der Waals surface area contributed by atoms with Crippen LogP contribution in [0, 0.1) is 17.7 Å². The summed E-state index contributed by atoms with van der Waals surface area (Å²) >= 11 is 3.08. The lowest BCUT2D eigenvalue weighted by molar-refractivity contribution is 0.0950. The molecule has 1 saturated carbocycles. The molecule has 2 nitrogen and oxygen atoms in total. The van der Waals surface area contributed by atoms with Gasteiger partial charge >= 0.3 is 0 Å². The molecule has 2 unspecified atom stereocenters. The van der Waals surface area contributed by atoms with Gasteiger partial charge in [0.2, 0.25) is 0 Å². The molecule has 1 aromatic carbocycles. The highest BCUT2D eigenvalue weighted by Crippen LogP contribution is 2.36. The average Bonchev–Trinajstić information content (AvgIpc) is 2.95. The molecule has 0 saturated heterocycles. The van der Waals surface area contributed by atoms with E-state index >= 15 is 0 Å². The Labute approximate surface area is 102 Å². The van der Waals surface area contributed by atoms with E-state index in [1.807, 2.05) is 0 Å². The van der Waals surface area contributed by atoms with Crippen LogP contribution in [0.5, 0.6) is 0 Å². The molecule has 0 bridgehead atoms. The van der Waals surface area contributed by atoms with Crippen LogP contribution in [0.15, 0.2) is 22.7 Å². The van der Waals surface area contributed by atoms with E-state index in [0.717, 1.165) is 0 Å². The summed E-state index contributed by atoms with van der Waals surface area (Å²) in [5.74, 6) is 0.672. The Morgan fingerprint density at radius 1 is 1.62 bits per heavy atom. The van der Waals surface area contributed by atoms with Crippen LogP contribution in [-0.2, 0) is 0 Å². The van der Waals surface area contributed by atoms with Gasteiger partial charge in [0.25, 0.3) is 5.91 Å². The second-order valence-electron chi connectivity index (χ2n) is 4.28. The molecule has 1 aliphatic rings. The van der Waals surface area contributed by atoms with Gasteiger partial charge < -0.3 is 5.32 Å². The van der Waals surface area contributed by atoms with Gasteiger partial charge in [-0.3, -0.25) is 4.79 Å². The van der Waals surface area contributed by atoms with Gasteiger partial charge in [0.1, 0.15) is 5.82 Å². The number of nitrogens with one attached hydrogen (secondary N) is 1. The second-order valence-corrected chi connectivity index (χ2v) is 5.08. The summed E-state index contributed by atoms with van der Waals surface area (Å²) in [7, 11) is 0. The van der Waals surface area contributed by atoms with E-state index < -0.39 is 5.82 Å². The number of rotatable bonds is 3. The number of carbonyl (C=O) groups is 1. The Morgan fingerprint density at radius 2 is 2.31 bits per heavy atom. The summed E-state index contributed by atoms with van der Waals surface area (Å²) < 4.78 is 13.4. The number of hydrogen-bond acceptors (Lipinski definition) is 1. The van der Waals surface area contributed by atoms with Crippen LogP contribution in [0.25, 0.3) is 0 Å². The molecule has 0 aromatic heterocycles. The molecular weight excluding hydrogens is 273 g/mol. The van der Waals surface area contributed by atoms with Crippen molar-refractivity contribution in [1.82, 2.24) is 5.32 Å². The molecule has 1 aromatic rings. The van der Waals surface area contributed by atoms with Crippen molar-refractivity contribution in [1.29, 1.82) is 0 Å². The largest absolute Gasteiger partial charge is 0.352 e. The van der Waals surface area contributed by atoms with Crippen LogP contribution < -0.4 is 5.32 Å². The Balaban J connectivity index is 2.00. The lowest BCUT2D eigenvalue weighted by Gasteiger charge is -2.06. The van der Waals surface area contributed by atoms with Crippen molar-refractivity contribution in [2.75, 3.05) is 6.54 Å². The monoisotopic (exact) mass is 285 g/mol. The van der Waals surface area contributed by atoms with Crippen molar-refractivity contribution in [2.24, 2.45) is 11.8 Å². The Kier molecular flexibility index (Phi) is 3.28. The van der Waals surface area contributed by atoms with Crippen LogP contribution >= 0.6 is 15.9 Å². The molecule has 86 valence electrons. The summed E-state index contributed by atoms with van der Waals surface area (Å²) in [5, 5.41) is 2.82. The highest BCUT2D eigenvalue weighted by molar-refractivity contribution is 9.10. The molecule has 1 amide bonds. The first kappa shape index (κ1) is 11.6. The third-order valence-corrected chi connectivity index (χ3v) is 3.80. The second kappa shape index (κ2) is 4.53. The van der Waals surface area contributed by atoms with Gasteiger partial charge in [-0.25, -0.2) is 4.39 Å². The minimum Gasteiger partial charge on any atom is -0.352 e. The highest BCUT2D eigenvalue weighted by atomic mass is 79.9. The number of hydrogen-bond donors (Lipinski definition) is 1. The maximum Gasteiger partial charge on any atom is 0.252 e. The topological polar surface area (TPSA) is 29.1 Å². The van der Waals surface area contributed by atoms with Crippen LogP contribution in [0.4, 0.5) is 4.39 Å². The molecule has 0 spiro atoms. The Morgan fingerprint density at radius 3 is 2.94 bits per heavy atom. The Bertz CT molecular complexity index is 421. The van der Waals surface area contributed by atoms with Crippen molar-refractivity contribution < 1.29 is 9.18 Å². The first-order valence-electron chi connectivity index (χ1n) is 5.32. The third-order valence-electron chi connectivity index (χ3n) is 3.00. The molecule has 2 rings (SSSR count). The van der Waals surface area contributed by atoms with E-state index in [0.29, 0.717) is 23.9 Å². The summed E-state index contributed by atoms with van der Waals surface area (Å²) in [6.07, 6.45) is 1.17. The molecule has 0 radical (unpaired) electrons. The molecule has 0 heterocycles. The molecule has 1 fully saturated rings. The number of benzene rings is 1. The zero-order valence-corrected chi connectivity index (χ0v) is 10.6. The van der Waals surface area contributed by atoms with Crippen molar-refractivity contribution >= 4 is 21.8 Å². The predicted molar refractivity (Wildman–Crippen MR) is 63.7 cm³/mol. The van der Waals surface area contributed by atoms with Gasteiger partial charge in [-0.05, 0) is 46.3 Å². The smallest absolute Gasteiger partial charge is 0.252 e. The van der Waals surface area contributed by atoms with Crippen LogP contribution in [-0.4, -0.2) is 12.5 Å². The summed E-state index contributed by atoms with van der Waals surface area (Å²) in [6, 6.07) is 4.47. The fourth-order valence-corrected chi connectivity index (χ4v) is 2.13. The zero-order valence-electron chi connectivity index (χ0n) is 8.97. The van der Waals surface area contributed by atoms with E-state index in [2.05, 4.69) is 28.2 Å². The molecule has 16 heavy (non-hydrogen) atoms. The van der Waals surface area contributed by atoms with E-state index in [1.54, 1.807) is 6.07 Å². The van der Waals surface area contributed by atoms with Crippen molar-refractivity contribution in [3.8, 4) is 0 Å². The van der Waals surface area contributed by atoms with E-state index in [4.69, 9.17) is 0 Å². The maximum atomic E-state index is 13.2. The van der Waals surface area contributed by atoms with Gasteiger partial charge in [0.15, 0.2) is 0 Å². The normalized spacial score (nSPS) is 22.9. The molecular formula is C12H13BrFNO. The maximum absolute atomic E-state index is 13.2. The SMILES string of the molecule is CC1CC1CNC(=O)c1cccc(F)c1Br. The highest BCUT2D eigenvalue weighted by Gasteiger charge is 2.32. The van der Waals surface area contributed by atoms with E-state index in [1.165, 1.54) is 18.6 Å². The summed E-state index contributed by atoms with van der Waals surface area (Å²) in [6.45, 7) is 2.85. The van der Waals surface area contributed by atoms with E-state index in [9.17, 15) is 9.18 Å². The van der Waals surface area contributed by atoms with Crippen LogP contribution in [0.3, 0.4) is 0 Å². The number of amides is 1. The van der Waals surface area contributed by atoms with Gasteiger partial charge in [-0.1, -0.05) is 13.0 Å². The minimum atomic E-state index is -0.410. The molecule has 1 aliphatic carbocycles. The van der Waals surface area contributed by atoms with Gasteiger partial charge in [0, 0.05) is 6.54 Å². The number of halogens is 2. The summed E-state index contributed by atoms with van der Waals surface area (Å²) in [4.78, 5) is 11.7. The lowest BCUT2D eigenvalue weighted by atomic mass is 10.2. The molecule has 2 atom stereocenters. The Hall–Kier alpha value is -0.900. The van der Waals surface area contributed by atoms with Crippen molar-refractivity contribution in [3.63, 3.8) is 0 Å². The fourth-order valence-electron chi connectivity index (χ4n) is 1.68. The number of carbonyl (C=O) groups excluding carboxylic acids is 1. The quantitative estimate of drug-likeness (QED) is 0.909. The van der Waals surface area contributed by atoms with Gasteiger partial charge in [-0.2, -0.15) is 0 Å². The van der Waals surface area contributed by atoms with Gasteiger partial charge in [-0.15, -0.1) is 0 Å². The summed E-state index contributed by atoms with van der Waals surface area (Å²) in [5.41, 5.74) is 0.355. The van der Waals surface area contributed by atoms with Crippen LogP contribution in [0.1, 0.15) is 23.7 Å². The lowest BCUT2D eigenvalue weighted by Crippen LogP contribution is -2.26. The van der Waals surface area contributed by atoms with Crippen molar-refractivity contribution in [3.05, 3.63) is 34.1 Å². The standard InChI is InChI=1S/C12H13BrFNO/c1-7-5-8(7)6-15-12(16)9-3-2-4-10(14)11(9)13/h2-4,7-8H,5-6H2,1H3,(H,15,16). The van der Waals surface area contributed by atoms with Crippen LogP contribution in [0.2, 0.25) is 0 Å².